The van der Waals surface area contributed by atoms with Crippen LogP contribution in [0.1, 0.15) is 6.92 Å². The van der Waals surface area contributed by atoms with Gasteiger partial charge in [0, 0.05) is 0 Å². The van der Waals surface area contributed by atoms with Crippen LogP contribution in [-0.2, 0) is 0 Å². The Kier molecular flexibility index (Phi) is 7.08. The molecule has 0 aliphatic carbocycles. The highest BCUT2D eigenvalue weighted by Gasteiger charge is 2.33. The lowest BCUT2D eigenvalue weighted by Crippen LogP contribution is -1.93. The van der Waals surface area contributed by atoms with Crippen molar-refractivity contribution in [2.24, 2.45) is 5.92 Å². The van der Waals surface area contributed by atoms with Gasteiger partial charge >= 0.3 is 0 Å². The lowest BCUT2D eigenvalue weighted by Gasteiger charge is -2.22. The summed E-state index contributed by atoms with van der Waals surface area (Å²) in [4.78, 5) is 0. The Morgan fingerprint density at radius 3 is 2.59 bits per heavy atom. The maximum atomic E-state index is 3.68. The molecule has 0 bridgehead atoms. The van der Waals surface area contributed by atoms with Gasteiger partial charge in [0.1, 0.15) is 6.95 Å². The molecule has 1 heterocycles. The van der Waals surface area contributed by atoms with Crippen LogP contribution in [-0.4, -0.2) is 39.5 Å². The molecular weight excluding hydrogens is 299 g/mol. The Morgan fingerprint density at radius 1 is 1.29 bits per heavy atom. The molecule has 17 heavy (non-hydrogen) atoms. The van der Waals surface area contributed by atoms with E-state index in [9.17, 15) is 0 Å². The van der Waals surface area contributed by atoms with Gasteiger partial charge in [0.15, 0.2) is 0 Å². The standard InChI is InChI=1S/C12H24P5/c1-12-7-8-14(2)9-10-17(5,6)16(4)13-15(3)11-12/h7-8,12-13H,11H2,1-6H3/q+1. The van der Waals surface area contributed by atoms with E-state index < -0.39 is 6.95 Å². The van der Waals surface area contributed by atoms with Crippen molar-refractivity contribution in [1.29, 1.82) is 0 Å². The Bertz CT molecular complexity index is 339. The summed E-state index contributed by atoms with van der Waals surface area (Å²) in [5, 5.41) is 0. The van der Waals surface area contributed by atoms with E-state index in [-0.39, 0.29) is 22.8 Å². The average Bonchev–Trinajstić information content (AvgIpc) is 2.23. The number of rotatable bonds is 0. The van der Waals surface area contributed by atoms with Gasteiger partial charge in [0.2, 0.25) is 0 Å². The molecule has 0 aromatic rings. The number of hydrogen-bond donors (Lipinski definition) is 0. The fraction of sp³-hybridized carbons (Fsp3) is 0.667. The normalized spacial score (nSPS) is 39.2. The van der Waals surface area contributed by atoms with E-state index in [2.05, 4.69) is 63.5 Å². The van der Waals surface area contributed by atoms with E-state index in [1.807, 2.05) is 0 Å². The summed E-state index contributed by atoms with van der Waals surface area (Å²) < 4.78 is 0. The minimum Gasteiger partial charge on any atom is -0.0800 e. The topological polar surface area (TPSA) is 0 Å². The van der Waals surface area contributed by atoms with Crippen LogP contribution in [0.4, 0.5) is 0 Å². The molecule has 0 saturated heterocycles. The third-order valence-corrected chi connectivity index (χ3v) is 27.8. The molecular formula is C12H24P5+. The molecule has 1 aliphatic heterocycles. The minimum absolute atomic E-state index is 0.180. The van der Waals surface area contributed by atoms with Gasteiger partial charge in [-0.15, -0.1) is 0 Å². The summed E-state index contributed by atoms with van der Waals surface area (Å²) >= 11 is 0. The Labute approximate surface area is 113 Å². The first-order chi connectivity index (χ1) is 7.81. The third kappa shape index (κ3) is 5.95. The first-order valence-corrected chi connectivity index (χ1v) is 17.5. The zero-order chi connectivity index (χ0) is 13.1. The fourth-order valence-corrected chi connectivity index (χ4v) is 27.6. The lowest BCUT2D eigenvalue weighted by molar-refractivity contribution is 0.845. The molecule has 0 N–H and O–H groups in total. The molecule has 0 fully saturated rings. The van der Waals surface area contributed by atoms with Crippen LogP contribution in [0.25, 0.3) is 0 Å². The van der Waals surface area contributed by atoms with Crippen molar-refractivity contribution in [3.63, 3.8) is 0 Å². The van der Waals surface area contributed by atoms with Crippen molar-refractivity contribution in [2.45, 2.75) is 6.92 Å². The average molecular weight is 323 g/mol. The highest BCUT2D eigenvalue weighted by atomic mass is 32.6. The predicted octanol–water partition coefficient (Wildman–Crippen LogP) is 6.10. The molecule has 0 aromatic heterocycles. The van der Waals surface area contributed by atoms with Gasteiger partial charge in [0.25, 0.3) is 0 Å². The molecule has 5 heteroatoms. The smallest absolute Gasteiger partial charge is 0.0800 e. The van der Waals surface area contributed by atoms with E-state index in [1.165, 1.54) is 14.1 Å². The maximum absolute atomic E-state index is 3.68. The van der Waals surface area contributed by atoms with Crippen molar-refractivity contribution < 1.29 is 0 Å². The second kappa shape index (κ2) is 7.29. The van der Waals surface area contributed by atoms with Crippen molar-refractivity contribution in [1.82, 2.24) is 0 Å². The van der Waals surface area contributed by atoms with E-state index in [4.69, 9.17) is 0 Å². The van der Waals surface area contributed by atoms with Crippen LogP contribution in [0.15, 0.2) is 11.9 Å². The van der Waals surface area contributed by atoms with Crippen molar-refractivity contribution in [3.8, 4) is 11.3 Å². The van der Waals surface area contributed by atoms with Gasteiger partial charge in [-0.3, -0.25) is 0 Å². The largest absolute Gasteiger partial charge is 0.108 e. The fourth-order valence-electron chi connectivity index (χ4n) is 1.48. The summed E-state index contributed by atoms with van der Waals surface area (Å²) in [7, 11) is 1.44. The van der Waals surface area contributed by atoms with Crippen molar-refractivity contribution in [2.75, 3.05) is 39.5 Å². The first-order valence-electron chi connectivity index (χ1n) is 5.81. The quantitative estimate of drug-likeness (QED) is 0.373. The highest BCUT2D eigenvalue weighted by Crippen LogP contribution is 2.91. The van der Waals surface area contributed by atoms with Crippen LogP contribution in [0, 0.1) is 17.2 Å². The molecule has 0 aromatic carbocycles. The zero-order valence-corrected chi connectivity index (χ0v) is 16.3. The van der Waals surface area contributed by atoms with Gasteiger partial charge in [0.05, 0.1) is 26.3 Å². The molecule has 0 amide bonds. The Hall–Kier alpha value is 1.45. The van der Waals surface area contributed by atoms with E-state index in [0.29, 0.717) is 0 Å². The van der Waals surface area contributed by atoms with Crippen molar-refractivity contribution >= 4 is 37.7 Å². The molecule has 1 rings (SSSR count). The second-order valence-electron chi connectivity index (χ2n) is 5.05. The maximum Gasteiger partial charge on any atom is 0.108 e. The summed E-state index contributed by atoms with van der Waals surface area (Å²) in [5.74, 6) is 3.14. The SMILES string of the molecule is CC1C=CP(C)C#C[P+](C)(C)P(C)PP(C)C1. The lowest BCUT2D eigenvalue weighted by atomic mass is 10.2. The minimum atomic E-state index is -0.945. The third-order valence-electron chi connectivity index (χ3n) is 2.77. The Morgan fingerprint density at radius 2 is 1.94 bits per heavy atom. The summed E-state index contributed by atoms with van der Waals surface area (Å²) in [6, 6.07) is 0. The summed E-state index contributed by atoms with van der Waals surface area (Å²) in [6.45, 7) is 13.6. The van der Waals surface area contributed by atoms with Crippen LogP contribution in [0.2, 0.25) is 0 Å². The predicted molar refractivity (Wildman–Crippen MR) is 96.6 cm³/mol. The molecule has 5 atom stereocenters. The zero-order valence-electron chi connectivity index (χ0n) is 11.7. The van der Waals surface area contributed by atoms with Crippen LogP contribution < -0.4 is 0 Å². The Balaban J connectivity index is 2.93. The molecule has 0 spiro atoms. The van der Waals surface area contributed by atoms with Crippen LogP contribution in [0.5, 0.6) is 0 Å². The van der Waals surface area contributed by atoms with Crippen molar-refractivity contribution in [3.05, 3.63) is 11.9 Å². The summed E-state index contributed by atoms with van der Waals surface area (Å²) in [6.07, 6.45) is 3.83. The monoisotopic (exact) mass is 323 g/mol. The molecule has 0 nitrogen and oxygen atoms in total. The molecule has 0 saturated carbocycles. The van der Waals surface area contributed by atoms with Gasteiger partial charge in [-0.25, -0.2) is 0 Å². The number of hydrogen-bond acceptors (Lipinski definition) is 0. The van der Waals surface area contributed by atoms with E-state index >= 15 is 0 Å². The highest BCUT2D eigenvalue weighted by molar-refractivity contribution is 8.74. The van der Waals surface area contributed by atoms with Gasteiger partial charge in [-0.05, 0) is 53.6 Å². The van der Waals surface area contributed by atoms with Gasteiger partial charge in [-0.1, -0.05) is 26.4 Å². The van der Waals surface area contributed by atoms with Crippen LogP contribution in [0.3, 0.4) is 0 Å². The van der Waals surface area contributed by atoms with E-state index in [0.717, 1.165) is 5.92 Å². The summed E-state index contributed by atoms with van der Waals surface area (Å²) in [5.41, 5.74) is 7.22. The van der Waals surface area contributed by atoms with Gasteiger partial charge in [-0.2, -0.15) is 0 Å². The first kappa shape index (κ1) is 16.5. The van der Waals surface area contributed by atoms with E-state index in [1.54, 1.807) is 0 Å². The second-order valence-corrected chi connectivity index (χ2v) is 25.4. The molecule has 0 radical (unpaired) electrons. The molecule has 96 valence electrons. The molecule has 5 unspecified atom stereocenters. The van der Waals surface area contributed by atoms with Gasteiger partial charge < -0.3 is 0 Å². The number of allylic oxidation sites excluding steroid dienone is 1. The van der Waals surface area contributed by atoms with Crippen LogP contribution >= 0.6 is 37.7 Å². The molecule has 1 aliphatic rings.